The van der Waals surface area contributed by atoms with Crippen LogP contribution in [-0.2, 0) is 0 Å². The van der Waals surface area contributed by atoms with Gasteiger partial charge in [-0.25, -0.2) is 0 Å². The van der Waals surface area contributed by atoms with Gasteiger partial charge in [0.05, 0.1) is 21.3 Å². The van der Waals surface area contributed by atoms with Crippen LogP contribution in [-0.4, -0.2) is 41.2 Å². The molecule has 0 unspecified atom stereocenters. The van der Waals surface area contributed by atoms with Crippen LogP contribution in [0.4, 0.5) is 11.4 Å². The summed E-state index contributed by atoms with van der Waals surface area (Å²) in [7, 11) is 0. The molecular weight excluding hydrogens is 424 g/mol. The maximum Gasteiger partial charge on any atom is 0.270 e. The number of thioether (sulfide) groups is 1. The normalized spacial score (nSPS) is 10.8. The van der Waals surface area contributed by atoms with Crippen LogP contribution in [0.2, 0.25) is 0 Å². The fourth-order valence-electron chi connectivity index (χ4n) is 2.80. The lowest BCUT2D eigenvalue weighted by atomic mass is 10.1. The van der Waals surface area contributed by atoms with E-state index in [4.69, 9.17) is 0 Å². The summed E-state index contributed by atoms with van der Waals surface area (Å²) in [5.41, 5.74) is 1.48. The first-order valence-electron chi connectivity index (χ1n) is 8.80. The summed E-state index contributed by atoms with van der Waals surface area (Å²) in [5.74, 6) is -0.328. The van der Waals surface area contributed by atoms with Gasteiger partial charge >= 0.3 is 0 Å². The molecule has 0 bridgehead atoms. The fraction of sp³-hybridized carbons (Fsp3) is 0.0526. The van der Waals surface area contributed by atoms with E-state index in [0.717, 1.165) is 11.8 Å². The molecule has 4 rings (SSSR count). The number of nitrogens with zero attached hydrogens (tertiary/aromatic N) is 6. The highest BCUT2D eigenvalue weighted by Crippen LogP contribution is 2.24. The van der Waals surface area contributed by atoms with Crippen molar-refractivity contribution in [3.05, 3.63) is 86.5 Å². The Kier molecular flexibility index (Phi) is 5.37. The second-order valence-corrected chi connectivity index (χ2v) is 7.24. The number of nitro groups is 2. The zero-order valence-electron chi connectivity index (χ0n) is 15.6. The monoisotopic (exact) mass is 436 g/mol. The maximum absolute atomic E-state index is 12.5. The van der Waals surface area contributed by atoms with Gasteiger partial charge in [0.15, 0.2) is 11.4 Å². The van der Waals surface area contributed by atoms with E-state index in [9.17, 15) is 25.0 Å². The van der Waals surface area contributed by atoms with E-state index in [0.29, 0.717) is 22.1 Å². The number of Topliss-reactive ketones (excluding diaryl/α,β-unsaturated/α-hetero) is 1. The minimum absolute atomic E-state index is 0.0231. The Morgan fingerprint density at radius 1 is 0.935 bits per heavy atom. The standard InChI is InChI=1S/C19H12N6O5S/c26-17(13-4-2-6-15(10-13)25(29)30)11-31-19-21-20-18-8-7-16(22-23(18)19)12-3-1-5-14(9-12)24(27)28/h1-10H,11H2. The summed E-state index contributed by atoms with van der Waals surface area (Å²) in [4.78, 5) is 33.3. The van der Waals surface area contributed by atoms with Gasteiger partial charge < -0.3 is 0 Å². The topological polar surface area (TPSA) is 146 Å². The summed E-state index contributed by atoms with van der Waals surface area (Å²) in [6, 6.07) is 14.9. The number of benzene rings is 2. The molecule has 0 aliphatic rings. The van der Waals surface area contributed by atoms with Gasteiger partial charge in [-0.2, -0.15) is 9.61 Å². The van der Waals surface area contributed by atoms with Crippen molar-refractivity contribution in [3.8, 4) is 11.3 Å². The van der Waals surface area contributed by atoms with Crippen molar-refractivity contribution in [2.45, 2.75) is 5.16 Å². The number of non-ortho nitro benzene ring substituents is 2. The zero-order valence-corrected chi connectivity index (χ0v) is 16.4. The number of carbonyl (C=O) groups is 1. The summed E-state index contributed by atoms with van der Waals surface area (Å²) < 4.78 is 1.44. The Morgan fingerprint density at radius 2 is 1.65 bits per heavy atom. The SMILES string of the molecule is O=C(CSc1nnc2ccc(-c3cccc([N+](=O)[O-])c3)nn12)c1cccc([N+](=O)[O-])c1. The Morgan fingerprint density at radius 3 is 2.39 bits per heavy atom. The molecule has 31 heavy (non-hydrogen) atoms. The number of hydrogen-bond acceptors (Lipinski definition) is 9. The number of hydrogen-bond donors (Lipinski definition) is 0. The molecule has 2 aromatic heterocycles. The molecular formula is C19H12N6O5S. The Hall–Kier alpha value is -4.19. The highest BCUT2D eigenvalue weighted by Gasteiger charge is 2.15. The van der Waals surface area contributed by atoms with Gasteiger partial charge in [-0.3, -0.25) is 25.0 Å². The highest BCUT2D eigenvalue weighted by atomic mass is 32.2. The number of aromatic nitrogens is 4. The van der Waals surface area contributed by atoms with Crippen molar-refractivity contribution in [2.24, 2.45) is 0 Å². The molecule has 0 saturated carbocycles. The molecule has 4 aromatic rings. The van der Waals surface area contributed by atoms with Gasteiger partial charge in [-0.05, 0) is 12.1 Å². The molecule has 2 aromatic carbocycles. The quantitative estimate of drug-likeness (QED) is 0.183. The lowest BCUT2D eigenvalue weighted by Crippen LogP contribution is -2.04. The average molecular weight is 436 g/mol. The minimum atomic E-state index is -0.560. The number of fused-ring (bicyclic) bond motifs is 1. The van der Waals surface area contributed by atoms with Crippen molar-refractivity contribution in [2.75, 3.05) is 5.75 Å². The molecule has 154 valence electrons. The predicted molar refractivity (Wildman–Crippen MR) is 111 cm³/mol. The minimum Gasteiger partial charge on any atom is -0.293 e. The van der Waals surface area contributed by atoms with E-state index in [2.05, 4.69) is 15.3 Å². The smallest absolute Gasteiger partial charge is 0.270 e. The third-order valence-electron chi connectivity index (χ3n) is 4.30. The third-order valence-corrected chi connectivity index (χ3v) is 5.22. The molecule has 0 saturated heterocycles. The first-order chi connectivity index (χ1) is 14.9. The summed E-state index contributed by atoms with van der Waals surface area (Å²) in [6.07, 6.45) is 0. The molecule has 0 atom stereocenters. The second-order valence-electron chi connectivity index (χ2n) is 6.30. The van der Waals surface area contributed by atoms with Crippen LogP contribution in [0.3, 0.4) is 0 Å². The lowest BCUT2D eigenvalue weighted by Gasteiger charge is -2.03. The van der Waals surface area contributed by atoms with Crippen molar-refractivity contribution in [1.29, 1.82) is 0 Å². The third kappa shape index (κ3) is 4.23. The Bertz CT molecular complexity index is 1340. The van der Waals surface area contributed by atoms with Crippen molar-refractivity contribution in [1.82, 2.24) is 19.8 Å². The molecule has 0 amide bonds. The number of ketones is 1. The van der Waals surface area contributed by atoms with Crippen molar-refractivity contribution < 1.29 is 14.6 Å². The van der Waals surface area contributed by atoms with Crippen LogP contribution in [0.25, 0.3) is 16.9 Å². The first-order valence-corrected chi connectivity index (χ1v) is 9.79. The van der Waals surface area contributed by atoms with E-state index >= 15 is 0 Å². The maximum atomic E-state index is 12.5. The molecule has 0 spiro atoms. The van der Waals surface area contributed by atoms with Gasteiger partial charge in [0.1, 0.15) is 0 Å². The van der Waals surface area contributed by atoms with E-state index < -0.39 is 9.85 Å². The van der Waals surface area contributed by atoms with Crippen LogP contribution < -0.4 is 0 Å². The molecule has 2 heterocycles. The van der Waals surface area contributed by atoms with E-state index in [1.54, 1.807) is 24.3 Å². The van der Waals surface area contributed by atoms with Crippen molar-refractivity contribution in [3.63, 3.8) is 0 Å². The van der Waals surface area contributed by atoms with Gasteiger partial charge in [-0.1, -0.05) is 36.0 Å². The summed E-state index contributed by atoms with van der Waals surface area (Å²) in [6.45, 7) is 0. The number of nitro benzene ring substituents is 2. The predicted octanol–water partition coefficient (Wildman–Crippen LogP) is 3.58. The van der Waals surface area contributed by atoms with Crippen LogP contribution >= 0.6 is 11.8 Å². The van der Waals surface area contributed by atoms with Gasteiger partial charge in [0, 0.05) is 35.4 Å². The molecule has 0 fully saturated rings. The van der Waals surface area contributed by atoms with Crippen LogP contribution in [0.1, 0.15) is 10.4 Å². The number of rotatable bonds is 7. The van der Waals surface area contributed by atoms with E-state index in [1.807, 2.05) is 0 Å². The Balaban J connectivity index is 1.58. The second kappa shape index (κ2) is 8.28. The van der Waals surface area contributed by atoms with Crippen molar-refractivity contribution >= 4 is 34.6 Å². The zero-order chi connectivity index (χ0) is 22.0. The summed E-state index contributed by atoms with van der Waals surface area (Å²) in [5, 5.41) is 34.7. The number of carbonyl (C=O) groups excluding carboxylic acids is 1. The average Bonchev–Trinajstić information content (AvgIpc) is 3.19. The molecule has 0 aliphatic carbocycles. The lowest BCUT2D eigenvalue weighted by molar-refractivity contribution is -0.385. The molecule has 0 aliphatic heterocycles. The molecule has 0 N–H and O–H groups in total. The molecule has 12 heteroatoms. The van der Waals surface area contributed by atoms with Gasteiger partial charge in [0.25, 0.3) is 11.4 Å². The van der Waals surface area contributed by atoms with Gasteiger partial charge in [0.2, 0.25) is 5.16 Å². The largest absolute Gasteiger partial charge is 0.293 e. The molecule has 0 radical (unpaired) electrons. The van der Waals surface area contributed by atoms with Crippen LogP contribution in [0.5, 0.6) is 0 Å². The highest BCUT2D eigenvalue weighted by molar-refractivity contribution is 7.99. The summed E-state index contributed by atoms with van der Waals surface area (Å²) >= 11 is 1.08. The van der Waals surface area contributed by atoms with Crippen LogP contribution in [0.15, 0.2) is 65.8 Å². The fourth-order valence-corrected chi connectivity index (χ4v) is 3.58. The Labute approximate surface area is 178 Å². The molecule has 11 nitrogen and oxygen atoms in total. The first kappa shape index (κ1) is 20.1. The van der Waals surface area contributed by atoms with Crippen LogP contribution in [0, 0.1) is 20.2 Å². The van der Waals surface area contributed by atoms with Gasteiger partial charge in [-0.15, -0.1) is 10.2 Å². The van der Waals surface area contributed by atoms with E-state index in [-0.39, 0.29) is 28.5 Å². The van der Waals surface area contributed by atoms with E-state index in [1.165, 1.54) is 40.9 Å².